The molecule has 0 N–H and O–H groups in total. The molecular formula is C11H15FN4O. The van der Waals surface area contributed by atoms with Gasteiger partial charge in [0.25, 0.3) is 5.91 Å². The molecule has 5 nitrogen and oxygen atoms in total. The average molecular weight is 238 g/mol. The molecule has 17 heavy (non-hydrogen) atoms. The number of rotatable bonds is 2. The first-order valence-electron chi connectivity index (χ1n) is 5.56. The monoisotopic (exact) mass is 238 g/mol. The van der Waals surface area contributed by atoms with Gasteiger partial charge >= 0.3 is 0 Å². The third-order valence-electron chi connectivity index (χ3n) is 2.71. The van der Waals surface area contributed by atoms with Crippen molar-refractivity contribution in [3.63, 3.8) is 0 Å². The van der Waals surface area contributed by atoms with Crippen molar-refractivity contribution in [3.05, 3.63) is 24.1 Å². The maximum atomic E-state index is 12.8. The van der Waals surface area contributed by atoms with Crippen molar-refractivity contribution in [2.24, 2.45) is 0 Å². The Labute approximate surface area is 98.9 Å². The molecule has 6 heteroatoms. The van der Waals surface area contributed by atoms with Gasteiger partial charge in [-0.1, -0.05) is 20.4 Å². The summed E-state index contributed by atoms with van der Waals surface area (Å²) in [5, 5.41) is 4.34. The Hall–Kier alpha value is -1.72. The van der Waals surface area contributed by atoms with Gasteiger partial charge in [-0.2, -0.15) is 5.10 Å². The second-order valence-corrected chi connectivity index (χ2v) is 4.40. The lowest BCUT2D eigenvalue weighted by molar-refractivity contribution is -0.130. The third-order valence-corrected chi connectivity index (χ3v) is 2.71. The minimum Gasteiger partial charge on any atom is -0.327 e. The maximum absolute atomic E-state index is 12.8. The zero-order valence-corrected chi connectivity index (χ0v) is 9.98. The van der Waals surface area contributed by atoms with Gasteiger partial charge in [0.2, 0.25) is 0 Å². The van der Waals surface area contributed by atoms with Crippen LogP contribution in [0.1, 0.15) is 31.4 Å². The number of fused-ring (bicyclic) bond motifs is 1. The molecule has 0 saturated carbocycles. The predicted molar refractivity (Wildman–Crippen MR) is 59.8 cm³/mol. The van der Waals surface area contributed by atoms with Crippen molar-refractivity contribution in [1.82, 2.24) is 19.7 Å². The SMILES string of the molecule is C=C(F)C(=O)N1CCn2nc(C(C)C)nc2C1. The van der Waals surface area contributed by atoms with Crippen LogP contribution in [0.5, 0.6) is 0 Å². The fourth-order valence-electron chi connectivity index (χ4n) is 1.74. The van der Waals surface area contributed by atoms with Gasteiger partial charge in [-0.3, -0.25) is 4.79 Å². The van der Waals surface area contributed by atoms with Crippen LogP contribution in [-0.2, 0) is 17.9 Å². The molecule has 0 aliphatic carbocycles. The normalized spacial score (nSPS) is 14.9. The zero-order valence-electron chi connectivity index (χ0n) is 9.98. The number of hydrogen-bond donors (Lipinski definition) is 0. The van der Waals surface area contributed by atoms with Gasteiger partial charge in [0.15, 0.2) is 11.7 Å². The lowest BCUT2D eigenvalue weighted by Gasteiger charge is -2.25. The van der Waals surface area contributed by atoms with E-state index in [-0.39, 0.29) is 5.92 Å². The number of halogens is 1. The minimum absolute atomic E-state index is 0.244. The summed E-state index contributed by atoms with van der Waals surface area (Å²) in [6.45, 7) is 8.32. The standard InChI is InChI=1S/C11H15FN4O/c1-7(2)10-13-9-6-15(11(17)8(3)12)4-5-16(9)14-10/h7H,3-6H2,1-2H3. The summed E-state index contributed by atoms with van der Waals surface area (Å²) in [6.07, 6.45) is 0. The molecule has 0 spiro atoms. The molecule has 0 aromatic carbocycles. The molecule has 0 radical (unpaired) electrons. The van der Waals surface area contributed by atoms with Gasteiger partial charge in [0.05, 0.1) is 13.1 Å². The van der Waals surface area contributed by atoms with E-state index in [0.717, 1.165) is 5.82 Å². The molecule has 2 heterocycles. The zero-order chi connectivity index (χ0) is 12.6. The first-order valence-corrected chi connectivity index (χ1v) is 5.56. The summed E-state index contributed by atoms with van der Waals surface area (Å²) in [5.74, 6) is 0.115. The van der Waals surface area contributed by atoms with Crippen molar-refractivity contribution < 1.29 is 9.18 Å². The Kier molecular flexibility index (Phi) is 2.95. The highest BCUT2D eigenvalue weighted by Gasteiger charge is 2.25. The van der Waals surface area contributed by atoms with Crippen LogP contribution in [0.4, 0.5) is 4.39 Å². The van der Waals surface area contributed by atoms with Crippen LogP contribution in [0.15, 0.2) is 12.4 Å². The molecule has 0 bridgehead atoms. The van der Waals surface area contributed by atoms with Gasteiger partial charge in [-0.15, -0.1) is 0 Å². The van der Waals surface area contributed by atoms with E-state index in [9.17, 15) is 9.18 Å². The smallest absolute Gasteiger partial charge is 0.282 e. The quantitative estimate of drug-likeness (QED) is 0.728. The summed E-state index contributed by atoms with van der Waals surface area (Å²) >= 11 is 0. The number of amides is 1. The Morgan fingerprint density at radius 3 is 2.76 bits per heavy atom. The third kappa shape index (κ3) is 2.20. The molecule has 0 unspecified atom stereocenters. The Morgan fingerprint density at radius 2 is 2.18 bits per heavy atom. The minimum atomic E-state index is -0.929. The van der Waals surface area contributed by atoms with Crippen LogP contribution >= 0.6 is 0 Å². The van der Waals surface area contributed by atoms with Crippen LogP contribution in [0, 0.1) is 0 Å². The highest BCUT2D eigenvalue weighted by Crippen LogP contribution is 2.16. The number of carbonyl (C=O) groups is 1. The van der Waals surface area contributed by atoms with Gasteiger partial charge in [-0.25, -0.2) is 14.1 Å². The molecular weight excluding hydrogens is 223 g/mol. The van der Waals surface area contributed by atoms with E-state index in [2.05, 4.69) is 16.7 Å². The Balaban J connectivity index is 2.18. The van der Waals surface area contributed by atoms with E-state index >= 15 is 0 Å². The second kappa shape index (κ2) is 4.27. The van der Waals surface area contributed by atoms with Gasteiger partial charge in [0.1, 0.15) is 5.82 Å². The van der Waals surface area contributed by atoms with E-state index in [0.29, 0.717) is 25.5 Å². The first kappa shape index (κ1) is 11.8. The van der Waals surface area contributed by atoms with E-state index in [1.165, 1.54) is 4.90 Å². The lowest BCUT2D eigenvalue weighted by Crippen LogP contribution is -2.38. The lowest BCUT2D eigenvalue weighted by atomic mass is 10.2. The number of hydrogen-bond acceptors (Lipinski definition) is 3. The van der Waals surface area contributed by atoms with Crippen LogP contribution < -0.4 is 0 Å². The molecule has 0 saturated heterocycles. The number of aromatic nitrogens is 3. The van der Waals surface area contributed by atoms with Crippen LogP contribution in [0.2, 0.25) is 0 Å². The van der Waals surface area contributed by atoms with Crippen molar-refractivity contribution in [2.75, 3.05) is 6.54 Å². The molecule has 1 aliphatic heterocycles. The highest BCUT2D eigenvalue weighted by atomic mass is 19.1. The molecule has 1 aromatic heterocycles. The van der Waals surface area contributed by atoms with E-state index in [4.69, 9.17) is 0 Å². The predicted octanol–water partition coefficient (Wildman–Crippen LogP) is 1.23. The summed E-state index contributed by atoms with van der Waals surface area (Å²) in [6, 6.07) is 0. The number of carbonyl (C=O) groups excluding carboxylic acids is 1. The second-order valence-electron chi connectivity index (χ2n) is 4.40. The molecule has 2 rings (SSSR count). The van der Waals surface area contributed by atoms with E-state index < -0.39 is 11.7 Å². The van der Waals surface area contributed by atoms with Crippen LogP contribution in [-0.4, -0.2) is 32.1 Å². The first-order chi connectivity index (χ1) is 7.99. The topological polar surface area (TPSA) is 51.0 Å². The van der Waals surface area contributed by atoms with Crippen molar-refractivity contribution in [2.45, 2.75) is 32.9 Å². The fraction of sp³-hybridized carbons (Fsp3) is 0.545. The molecule has 0 atom stereocenters. The van der Waals surface area contributed by atoms with Crippen LogP contribution in [0.25, 0.3) is 0 Å². The molecule has 0 fully saturated rings. The van der Waals surface area contributed by atoms with Crippen molar-refractivity contribution in [1.29, 1.82) is 0 Å². The van der Waals surface area contributed by atoms with Crippen molar-refractivity contribution >= 4 is 5.91 Å². The van der Waals surface area contributed by atoms with Gasteiger partial charge < -0.3 is 4.90 Å². The molecule has 1 amide bonds. The van der Waals surface area contributed by atoms with E-state index in [1.54, 1.807) is 4.68 Å². The molecule has 1 aliphatic rings. The molecule has 1 aromatic rings. The fourth-order valence-corrected chi connectivity index (χ4v) is 1.74. The maximum Gasteiger partial charge on any atom is 0.282 e. The van der Waals surface area contributed by atoms with Gasteiger partial charge in [-0.05, 0) is 0 Å². The Bertz CT molecular complexity index is 466. The summed E-state index contributed by atoms with van der Waals surface area (Å²) in [5.41, 5.74) is 0. The molecule has 92 valence electrons. The Morgan fingerprint density at radius 1 is 1.47 bits per heavy atom. The van der Waals surface area contributed by atoms with Crippen molar-refractivity contribution in [3.8, 4) is 0 Å². The summed E-state index contributed by atoms with van der Waals surface area (Å²) < 4.78 is 14.5. The van der Waals surface area contributed by atoms with Crippen LogP contribution in [0.3, 0.4) is 0 Å². The van der Waals surface area contributed by atoms with E-state index in [1.807, 2.05) is 13.8 Å². The van der Waals surface area contributed by atoms with Gasteiger partial charge in [0, 0.05) is 12.5 Å². The largest absolute Gasteiger partial charge is 0.327 e. The highest BCUT2D eigenvalue weighted by molar-refractivity contribution is 5.90. The number of nitrogens with zero attached hydrogens (tertiary/aromatic N) is 4. The average Bonchev–Trinajstić information content (AvgIpc) is 2.70. The summed E-state index contributed by atoms with van der Waals surface area (Å²) in [4.78, 5) is 17.2. The summed E-state index contributed by atoms with van der Waals surface area (Å²) in [7, 11) is 0.